The Balaban J connectivity index is 1.85. The van der Waals surface area contributed by atoms with E-state index < -0.39 is 47.9 Å². The van der Waals surface area contributed by atoms with E-state index in [-0.39, 0.29) is 18.8 Å². The molecule has 3 aromatic rings. The van der Waals surface area contributed by atoms with Crippen LogP contribution in [0.15, 0.2) is 60.8 Å². The minimum atomic E-state index is -1.22. The molecule has 11 nitrogen and oxygen atoms in total. The van der Waals surface area contributed by atoms with Crippen LogP contribution in [0.5, 0.6) is 0 Å². The fraction of sp³-hybridized carbons (Fsp3) is 0.438. The highest BCUT2D eigenvalue weighted by Crippen LogP contribution is 2.19. The van der Waals surface area contributed by atoms with Gasteiger partial charge in [-0.1, -0.05) is 62.4 Å². The van der Waals surface area contributed by atoms with Crippen LogP contribution in [0.25, 0.3) is 10.9 Å². The van der Waals surface area contributed by atoms with Crippen LogP contribution in [0.3, 0.4) is 0 Å². The number of carboxylic acid groups (broad SMARTS) is 1. The summed E-state index contributed by atoms with van der Waals surface area (Å²) in [6.07, 6.45) is 3.91. The summed E-state index contributed by atoms with van der Waals surface area (Å²) in [4.78, 5) is 55.4. The molecule has 0 saturated heterocycles. The second-order valence-corrected chi connectivity index (χ2v) is 11.3. The summed E-state index contributed by atoms with van der Waals surface area (Å²) in [6.45, 7) is 4.34. The Morgan fingerprint density at radius 2 is 1.44 bits per heavy atom. The monoisotopic (exact) mass is 592 g/mol. The van der Waals surface area contributed by atoms with Gasteiger partial charge in [-0.2, -0.15) is 0 Å². The SMILES string of the molecule is CC(C)CC(N)C(=O)NC(CCCCN)C(=O)NC(Cc1c[nH]c2ccccc12)C(=O)NC(Cc1ccccc1)C(=O)O. The van der Waals surface area contributed by atoms with Crippen molar-refractivity contribution in [3.05, 3.63) is 71.9 Å². The zero-order chi connectivity index (χ0) is 31.4. The van der Waals surface area contributed by atoms with E-state index in [9.17, 15) is 24.3 Å². The van der Waals surface area contributed by atoms with Gasteiger partial charge in [0.2, 0.25) is 17.7 Å². The number of hydrogen-bond donors (Lipinski definition) is 7. The third-order valence-electron chi connectivity index (χ3n) is 7.27. The number of benzene rings is 2. The number of rotatable bonds is 17. The largest absolute Gasteiger partial charge is 0.480 e. The average molecular weight is 593 g/mol. The average Bonchev–Trinajstić information content (AvgIpc) is 3.38. The topological polar surface area (TPSA) is 192 Å². The van der Waals surface area contributed by atoms with E-state index in [0.717, 1.165) is 22.0 Å². The van der Waals surface area contributed by atoms with Gasteiger partial charge in [-0.15, -0.1) is 0 Å². The Morgan fingerprint density at radius 1 is 0.814 bits per heavy atom. The van der Waals surface area contributed by atoms with Gasteiger partial charge in [0, 0.05) is 29.9 Å². The van der Waals surface area contributed by atoms with Crippen molar-refractivity contribution in [2.24, 2.45) is 17.4 Å². The van der Waals surface area contributed by atoms with Crippen LogP contribution >= 0.6 is 0 Å². The summed E-state index contributed by atoms with van der Waals surface area (Å²) in [5, 5.41) is 18.9. The second-order valence-electron chi connectivity index (χ2n) is 11.3. The van der Waals surface area contributed by atoms with E-state index in [1.807, 2.05) is 44.2 Å². The highest BCUT2D eigenvalue weighted by molar-refractivity contribution is 5.95. The molecule has 0 aliphatic carbocycles. The maximum absolute atomic E-state index is 13.7. The smallest absolute Gasteiger partial charge is 0.326 e. The number of fused-ring (bicyclic) bond motifs is 1. The van der Waals surface area contributed by atoms with Gasteiger partial charge >= 0.3 is 5.97 Å². The van der Waals surface area contributed by atoms with Crippen molar-refractivity contribution in [1.82, 2.24) is 20.9 Å². The number of unbranched alkanes of at least 4 members (excludes halogenated alkanes) is 1. The van der Waals surface area contributed by atoms with Gasteiger partial charge in [-0.3, -0.25) is 14.4 Å². The van der Waals surface area contributed by atoms with Crippen LogP contribution in [0.1, 0.15) is 50.7 Å². The van der Waals surface area contributed by atoms with E-state index in [1.54, 1.807) is 30.5 Å². The fourth-order valence-electron chi connectivity index (χ4n) is 4.98. The van der Waals surface area contributed by atoms with Gasteiger partial charge in [-0.25, -0.2) is 4.79 Å². The third kappa shape index (κ3) is 10.2. The molecule has 232 valence electrons. The maximum Gasteiger partial charge on any atom is 0.326 e. The van der Waals surface area contributed by atoms with Gasteiger partial charge in [-0.05, 0) is 55.3 Å². The summed E-state index contributed by atoms with van der Waals surface area (Å²) in [5.74, 6) is -2.66. The van der Waals surface area contributed by atoms with Crippen LogP contribution in [-0.2, 0) is 32.0 Å². The van der Waals surface area contributed by atoms with E-state index >= 15 is 0 Å². The summed E-state index contributed by atoms with van der Waals surface area (Å²) >= 11 is 0. The van der Waals surface area contributed by atoms with Crippen LogP contribution < -0.4 is 27.4 Å². The Kier molecular flexibility index (Phi) is 12.7. The van der Waals surface area contributed by atoms with Crippen LogP contribution in [-0.4, -0.2) is 64.5 Å². The predicted octanol–water partition coefficient (Wildman–Crippen LogP) is 1.99. The molecule has 0 saturated carbocycles. The van der Waals surface area contributed by atoms with Gasteiger partial charge < -0.3 is 37.5 Å². The van der Waals surface area contributed by atoms with Crippen molar-refractivity contribution in [2.75, 3.05) is 6.54 Å². The first-order valence-electron chi connectivity index (χ1n) is 14.8. The predicted molar refractivity (Wildman–Crippen MR) is 166 cm³/mol. The second kappa shape index (κ2) is 16.4. The molecule has 3 rings (SSSR count). The number of nitrogens with two attached hydrogens (primary N) is 2. The molecule has 0 bridgehead atoms. The fourth-order valence-corrected chi connectivity index (χ4v) is 4.98. The molecule has 4 unspecified atom stereocenters. The van der Waals surface area contributed by atoms with Crippen molar-refractivity contribution in [3.8, 4) is 0 Å². The minimum absolute atomic E-state index is 0.0706. The Hall–Kier alpha value is -4.22. The molecule has 3 amide bonds. The normalized spacial score (nSPS) is 14.1. The van der Waals surface area contributed by atoms with E-state index in [2.05, 4.69) is 20.9 Å². The van der Waals surface area contributed by atoms with Crippen molar-refractivity contribution in [1.29, 1.82) is 0 Å². The summed E-state index contributed by atoms with van der Waals surface area (Å²) in [6, 6.07) is 12.5. The number of aliphatic carboxylic acids is 1. The van der Waals surface area contributed by atoms with E-state index in [1.165, 1.54) is 0 Å². The number of aromatic nitrogens is 1. The third-order valence-corrected chi connectivity index (χ3v) is 7.27. The molecule has 43 heavy (non-hydrogen) atoms. The number of carbonyl (C=O) groups excluding carboxylic acids is 3. The number of amides is 3. The molecule has 0 radical (unpaired) electrons. The number of nitrogens with one attached hydrogen (secondary N) is 4. The summed E-state index contributed by atoms with van der Waals surface area (Å²) in [5.41, 5.74) is 14.1. The van der Waals surface area contributed by atoms with Gasteiger partial charge in [0.05, 0.1) is 6.04 Å². The maximum atomic E-state index is 13.7. The minimum Gasteiger partial charge on any atom is -0.480 e. The van der Waals surface area contributed by atoms with Crippen LogP contribution in [0, 0.1) is 5.92 Å². The lowest BCUT2D eigenvalue weighted by Crippen LogP contribution is -2.57. The molecule has 0 aliphatic heterocycles. The number of aromatic amines is 1. The number of carbonyl (C=O) groups is 4. The zero-order valence-corrected chi connectivity index (χ0v) is 24.8. The van der Waals surface area contributed by atoms with E-state index in [0.29, 0.717) is 32.2 Å². The first-order chi connectivity index (χ1) is 20.6. The van der Waals surface area contributed by atoms with Gasteiger partial charge in [0.15, 0.2) is 0 Å². The lowest BCUT2D eigenvalue weighted by atomic mass is 10.0. The molecule has 1 aromatic heterocycles. The first-order valence-corrected chi connectivity index (χ1v) is 14.8. The van der Waals surface area contributed by atoms with Crippen molar-refractivity contribution < 1.29 is 24.3 Å². The molecule has 4 atom stereocenters. The molecule has 0 aliphatic rings. The quantitative estimate of drug-likeness (QED) is 0.117. The van der Waals surface area contributed by atoms with Crippen molar-refractivity contribution >= 4 is 34.6 Å². The Bertz CT molecular complexity index is 1360. The lowest BCUT2D eigenvalue weighted by Gasteiger charge is -2.25. The van der Waals surface area contributed by atoms with Crippen molar-refractivity contribution in [2.45, 2.75) is 76.5 Å². The number of para-hydroxylation sites is 1. The van der Waals surface area contributed by atoms with Crippen LogP contribution in [0.4, 0.5) is 0 Å². The Morgan fingerprint density at radius 3 is 2.12 bits per heavy atom. The Labute approximate surface area is 252 Å². The lowest BCUT2D eigenvalue weighted by molar-refractivity contribution is -0.142. The summed E-state index contributed by atoms with van der Waals surface area (Å²) < 4.78 is 0. The molecule has 0 spiro atoms. The van der Waals surface area contributed by atoms with Crippen molar-refractivity contribution in [3.63, 3.8) is 0 Å². The van der Waals surface area contributed by atoms with Crippen LogP contribution in [0.2, 0.25) is 0 Å². The first kappa shape index (κ1) is 33.3. The highest BCUT2D eigenvalue weighted by Gasteiger charge is 2.31. The molecule has 0 fully saturated rings. The molecule has 9 N–H and O–H groups in total. The zero-order valence-electron chi connectivity index (χ0n) is 24.8. The molecule has 1 heterocycles. The van der Waals surface area contributed by atoms with Gasteiger partial charge in [0.25, 0.3) is 0 Å². The van der Waals surface area contributed by atoms with Gasteiger partial charge in [0.1, 0.15) is 18.1 Å². The molecular weight excluding hydrogens is 548 g/mol. The highest BCUT2D eigenvalue weighted by atomic mass is 16.4. The standard InChI is InChI=1S/C32H44N6O5/c1-20(2)16-24(34)29(39)36-26(14-8-9-15-33)30(40)37-27(18-22-19-35-25-13-7-6-12-23(22)25)31(41)38-28(32(42)43)17-21-10-4-3-5-11-21/h3-7,10-13,19-20,24,26-28,35H,8-9,14-18,33-34H2,1-2H3,(H,36,39)(H,37,40)(H,38,41)(H,42,43). The van der Waals surface area contributed by atoms with E-state index in [4.69, 9.17) is 11.5 Å². The summed E-state index contributed by atoms with van der Waals surface area (Å²) in [7, 11) is 0. The number of carboxylic acids is 1. The molecule has 11 heteroatoms. The molecular formula is C32H44N6O5. The molecule has 2 aromatic carbocycles. The number of hydrogen-bond acceptors (Lipinski definition) is 6. The number of H-pyrrole nitrogens is 1.